The smallest absolute Gasteiger partial charge is 0.338 e. The van der Waals surface area contributed by atoms with Gasteiger partial charge in [-0.15, -0.1) is 11.8 Å². The molecule has 8 heteroatoms. The summed E-state index contributed by atoms with van der Waals surface area (Å²) in [5, 5.41) is 0.536. The van der Waals surface area contributed by atoms with Gasteiger partial charge in [0.05, 0.1) is 34.2 Å². The van der Waals surface area contributed by atoms with E-state index in [2.05, 4.69) is 0 Å². The van der Waals surface area contributed by atoms with E-state index in [4.69, 9.17) is 9.72 Å². The van der Waals surface area contributed by atoms with Crippen LogP contribution in [0.15, 0.2) is 69.4 Å². The van der Waals surface area contributed by atoms with Crippen molar-refractivity contribution in [1.29, 1.82) is 0 Å². The van der Waals surface area contributed by atoms with Gasteiger partial charge in [-0.25, -0.2) is 9.78 Å². The highest BCUT2D eigenvalue weighted by atomic mass is 32.2. The maximum Gasteiger partial charge on any atom is 0.338 e. The molecule has 0 atom stereocenters. The number of ether oxygens (including phenoxy) is 1. The molecule has 6 nitrogen and oxygen atoms in total. The molecule has 0 unspecified atom stereocenters. The number of Topliss-reactive ketones (excluding diaryl/α,β-unsaturated/α-hetero) is 1. The molecule has 1 aliphatic heterocycles. The predicted molar refractivity (Wildman–Crippen MR) is 126 cm³/mol. The molecule has 32 heavy (non-hydrogen) atoms. The van der Waals surface area contributed by atoms with Crippen molar-refractivity contribution in [1.82, 2.24) is 9.55 Å². The number of nitrogens with zero attached hydrogens (tertiary/aromatic N) is 2. The zero-order valence-corrected chi connectivity index (χ0v) is 19.2. The standard InChI is InChI=1S/C24H22N2O4S2/c1-2-30-23(29)17-10-8-16(9-11-17)14-19(27)15-32-24-25-20-12-13-31-21(20)22(28)26(24)18-6-4-3-5-7-18/h3-11H,2,12-15H2,1H3. The quantitative estimate of drug-likeness (QED) is 0.282. The Hall–Kier alpha value is -2.84. The van der Waals surface area contributed by atoms with Gasteiger partial charge in [0.1, 0.15) is 5.78 Å². The number of ketones is 1. The first-order chi connectivity index (χ1) is 15.6. The Balaban J connectivity index is 1.49. The number of aryl methyl sites for hydroxylation is 1. The lowest BCUT2D eigenvalue weighted by molar-refractivity contribution is -0.116. The highest BCUT2D eigenvalue weighted by Gasteiger charge is 2.23. The maximum atomic E-state index is 13.1. The molecular formula is C24H22N2O4S2. The van der Waals surface area contributed by atoms with E-state index in [-0.39, 0.29) is 29.5 Å². The Kier molecular flexibility index (Phi) is 7.12. The topological polar surface area (TPSA) is 78.3 Å². The molecule has 0 amide bonds. The van der Waals surface area contributed by atoms with Crippen LogP contribution in [-0.2, 0) is 22.4 Å². The van der Waals surface area contributed by atoms with Crippen LogP contribution in [0.5, 0.6) is 0 Å². The minimum absolute atomic E-state index is 0.0163. The number of benzene rings is 2. The van der Waals surface area contributed by atoms with Crippen LogP contribution in [0.4, 0.5) is 0 Å². The fourth-order valence-corrected chi connectivity index (χ4v) is 5.30. The van der Waals surface area contributed by atoms with E-state index < -0.39 is 0 Å². The third kappa shape index (κ3) is 4.97. The second-order valence-electron chi connectivity index (χ2n) is 7.17. The highest BCUT2D eigenvalue weighted by Crippen LogP contribution is 2.30. The van der Waals surface area contributed by atoms with Crippen molar-refractivity contribution >= 4 is 35.3 Å². The van der Waals surface area contributed by atoms with E-state index in [0.717, 1.165) is 29.1 Å². The first kappa shape index (κ1) is 22.4. The Labute approximate surface area is 194 Å². The van der Waals surface area contributed by atoms with Crippen molar-refractivity contribution < 1.29 is 14.3 Å². The third-order valence-electron chi connectivity index (χ3n) is 4.91. The molecule has 0 fully saturated rings. The average molecular weight is 467 g/mol. The predicted octanol–water partition coefficient (Wildman–Crippen LogP) is 3.96. The summed E-state index contributed by atoms with van der Waals surface area (Å²) < 4.78 is 6.58. The van der Waals surface area contributed by atoms with Crippen LogP contribution in [0.2, 0.25) is 0 Å². The fraction of sp³-hybridized carbons (Fsp3) is 0.250. The lowest BCUT2D eigenvalue weighted by atomic mass is 10.1. The van der Waals surface area contributed by atoms with Crippen molar-refractivity contribution in [2.24, 2.45) is 0 Å². The van der Waals surface area contributed by atoms with Gasteiger partial charge < -0.3 is 4.74 Å². The van der Waals surface area contributed by atoms with Gasteiger partial charge >= 0.3 is 5.97 Å². The molecule has 3 aromatic rings. The monoisotopic (exact) mass is 466 g/mol. The first-order valence-electron chi connectivity index (χ1n) is 10.3. The summed E-state index contributed by atoms with van der Waals surface area (Å²) in [4.78, 5) is 42.9. The van der Waals surface area contributed by atoms with E-state index >= 15 is 0 Å². The van der Waals surface area contributed by atoms with Crippen molar-refractivity contribution in [3.05, 3.63) is 81.8 Å². The minimum atomic E-state index is -0.374. The maximum absolute atomic E-state index is 13.1. The summed E-state index contributed by atoms with van der Waals surface area (Å²) in [6.07, 6.45) is 1.01. The van der Waals surface area contributed by atoms with Gasteiger partial charge in [-0.2, -0.15) is 0 Å². The van der Waals surface area contributed by atoms with Crippen LogP contribution >= 0.6 is 23.5 Å². The van der Waals surface area contributed by atoms with Gasteiger partial charge in [0.2, 0.25) is 0 Å². The lowest BCUT2D eigenvalue weighted by Gasteiger charge is -2.13. The number of aromatic nitrogens is 2. The number of thioether (sulfide) groups is 2. The lowest BCUT2D eigenvalue weighted by Crippen LogP contribution is -2.24. The Morgan fingerprint density at radius 3 is 2.59 bits per heavy atom. The third-order valence-corrected chi connectivity index (χ3v) is 7.02. The molecule has 1 aliphatic rings. The summed E-state index contributed by atoms with van der Waals surface area (Å²) in [5.74, 6) is 0.690. The number of esters is 1. The number of carbonyl (C=O) groups excluding carboxylic acids is 2. The highest BCUT2D eigenvalue weighted by molar-refractivity contribution is 8.00. The second-order valence-corrected chi connectivity index (χ2v) is 9.21. The molecule has 0 aliphatic carbocycles. The number of hydrogen-bond acceptors (Lipinski definition) is 7. The number of para-hydroxylation sites is 1. The number of carbonyl (C=O) groups is 2. The Morgan fingerprint density at radius 2 is 1.88 bits per heavy atom. The number of hydrogen-bond donors (Lipinski definition) is 0. The molecule has 0 saturated carbocycles. The molecular weight excluding hydrogens is 444 g/mol. The summed E-state index contributed by atoms with van der Waals surface area (Å²) in [5.41, 5.74) is 2.77. The van der Waals surface area contributed by atoms with Gasteiger partial charge in [-0.05, 0) is 36.8 Å². The Morgan fingerprint density at radius 1 is 1.12 bits per heavy atom. The molecule has 0 N–H and O–H groups in total. The van der Waals surface area contributed by atoms with E-state index in [9.17, 15) is 14.4 Å². The largest absolute Gasteiger partial charge is 0.462 e. The molecule has 4 rings (SSSR count). The van der Waals surface area contributed by atoms with Crippen molar-refractivity contribution in [2.45, 2.75) is 29.8 Å². The number of fused-ring (bicyclic) bond motifs is 1. The zero-order valence-electron chi connectivity index (χ0n) is 17.6. The van der Waals surface area contributed by atoms with E-state index in [1.165, 1.54) is 23.5 Å². The van der Waals surface area contributed by atoms with Crippen molar-refractivity contribution in [3.8, 4) is 5.69 Å². The van der Waals surface area contributed by atoms with Crippen LogP contribution in [-0.4, -0.2) is 39.4 Å². The van der Waals surface area contributed by atoms with Crippen LogP contribution in [0.1, 0.15) is 28.5 Å². The second kappa shape index (κ2) is 10.2. The normalized spacial score (nSPS) is 12.4. The Bertz CT molecular complexity index is 1190. The summed E-state index contributed by atoms with van der Waals surface area (Å²) in [6.45, 7) is 2.08. The summed E-state index contributed by atoms with van der Waals surface area (Å²) in [7, 11) is 0. The SMILES string of the molecule is CCOC(=O)c1ccc(CC(=O)CSc2nc3c(c(=O)n2-c2ccccc2)SCC3)cc1. The summed E-state index contributed by atoms with van der Waals surface area (Å²) in [6, 6.07) is 16.2. The van der Waals surface area contributed by atoms with Crippen molar-refractivity contribution in [3.63, 3.8) is 0 Å². The van der Waals surface area contributed by atoms with Gasteiger partial charge in [0, 0.05) is 18.6 Å². The molecule has 1 aromatic heterocycles. The van der Waals surface area contributed by atoms with E-state index in [1.54, 1.807) is 35.8 Å². The molecule has 164 valence electrons. The fourth-order valence-electron chi connectivity index (χ4n) is 3.39. The summed E-state index contributed by atoms with van der Waals surface area (Å²) >= 11 is 2.82. The van der Waals surface area contributed by atoms with E-state index in [1.807, 2.05) is 30.3 Å². The molecule has 0 radical (unpaired) electrons. The molecule has 0 spiro atoms. The van der Waals surface area contributed by atoms with Gasteiger partial charge in [-0.3, -0.25) is 14.2 Å². The van der Waals surface area contributed by atoms with Crippen molar-refractivity contribution in [2.75, 3.05) is 18.1 Å². The van der Waals surface area contributed by atoms with Crippen LogP contribution in [0, 0.1) is 0 Å². The molecule has 0 bridgehead atoms. The number of rotatable bonds is 8. The average Bonchev–Trinajstić information content (AvgIpc) is 3.28. The van der Waals surface area contributed by atoms with Crippen LogP contribution in [0.25, 0.3) is 5.69 Å². The first-order valence-corrected chi connectivity index (χ1v) is 12.3. The molecule has 2 aromatic carbocycles. The van der Waals surface area contributed by atoms with E-state index in [0.29, 0.717) is 22.2 Å². The van der Waals surface area contributed by atoms with Gasteiger partial charge in [0.15, 0.2) is 5.16 Å². The van der Waals surface area contributed by atoms with Crippen LogP contribution < -0.4 is 5.56 Å². The zero-order chi connectivity index (χ0) is 22.5. The molecule has 2 heterocycles. The molecule has 0 saturated heterocycles. The minimum Gasteiger partial charge on any atom is -0.462 e. The van der Waals surface area contributed by atoms with Crippen LogP contribution in [0.3, 0.4) is 0 Å². The van der Waals surface area contributed by atoms with Gasteiger partial charge in [-0.1, -0.05) is 42.1 Å². The van der Waals surface area contributed by atoms with Gasteiger partial charge in [0.25, 0.3) is 5.56 Å².